The van der Waals surface area contributed by atoms with E-state index in [1.807, 2.05) is 0 Å². The number of aliphatic hydroxyl groups excluding tert-OH is 1. The van der Waals surface area contributed by atoms with Gasteiger partial charge in [0.2, 0.25) is 0 Å². The maximum absolute atomic E-state index is 13.5. The van der Waals surface area contributed by atoms with Crippen molar-refractivity contribution < 1.29 is 44.3 Å². The van der Waals surface area contributed by atoms with Gasteiger partial charge in [-0.05, 0) is 19.9 Å². The number of ether oxygens (including phenoxy) is 2. The second-order valence-corrected chi connectivity index (χ2v) is 10.0. The van der Waals surface area contributed by atoms with E-state index in [1.165, 1.54) is 25.1 Å². The zero-order chi connectivity index (χ0) is 27.0. The predicted octanol–water partition coefficient (Wildman–Crippen LogP) is 0.602. The van der Waals surface area contributed by atoms with Crippen molar-refractivity contribution in [2.24, 2.45) is 5.73 Å². The van der Waals surface area contributed by atoms with Crippen LogP contribution in [0.5, 0.6) is 11.5 Å². The smallest absolute Gasteiger partial charge is 0.200 e. The largest absolute Gasteiger partial charge is 0.507 e. The van der Waals surface area contributed by atoms with Crippen LogP contribution in [0.25, 0.3) is 0 Å². The highest BCUT2D eigenvalue weighted by atomic mass is 16.7. The molecule has 1 aliphatic heterocycles. The molecule has 1 saturated heterocycles. The third kappa shape index (κ3) is 3.73. The molecule has 0 spiro atoms. The maximum atomic E-state index is 13.5. The summed E-state index contributed by atoms with van der Waals surface area (Å²) in [5.41, 5.74) is 8.89. The monoisotopic (exact) mass is 512 g/mol. The molecule has 0 bridgehead atoms. The lowest BCUT2D eigenvalue weighted by Gasteiger charge is -2.42. The number of hydrogen-bond donors (Lipinski definition) is 6. The lowest BCUT2D eigenvalue weighted by molar-refractivity contribution is -0.247. The summed E-state index contributed by atoms with van der Waals surface area (Å²) in [6, 6.07) is 3.64. The molecule has 11 nitrogen and oxygen atoms in total. The van der Waals surface area contributed by atoms with Gasteiger partial charge in [0.1, 0.15) is 17.1 Å². The minimum absolute atomic E-state index is 0.0327. The van der Waals surface area contributed by atoms with Gasteiger partial charge in [-0.25, -0.2) is 0 Å². The van der Waals surface area contributed by atoms with Gasteiger partial charge < -0.3 is 41.4 Å². The highest BCUT2D eigenvalue weighted by molar-refractivity contribution is 6.32. The molecule has 11 heteroatoms. The van der Waals surface area contributed by atoms with Crippen molar-refractivity contribution >= 4 is 23.0 Å². The van der Waals surface area contributed by atoms with E-state index >= 15 is 0 Å². The predicted molar refractivity (Wildman–Crippen MR) is 128 cm³/mol. The summed E-state index contributed by atoms with van der Waals surface area (Å²) in [5, 5.41) is 43.9. The number of nitrogen functional groups attached to an aromatic ring is 1. The summed E-state index contributed by atoms with van der Waals surface area (Å²) in [4.78, 5) is 39.3. The van der Waals surface area contributed by atoms with Crippen molar-refractivity contribution in [1.29, 1.82) is 0 Å². The lowest BCUT2D eigenvalue weighted by Crippen LogP contribution is -2.52. The fourth-order valence-electron chi connectivity index (χ4n) is 5.55. The number of carbonyl (C=O) groups excluding carboxylic acids is 3. The van der Waals surface area contributed by atoms with E-state index in [9.17, 15) is 34.8 Å². The molecule has 0 saturated carbocycles. The molecule has 0 radical (unpaired) electrons. The summed E-state index contributed by atoms with van der Waals surface area (Å²) >= 11 is 0. The third-order valence-electron chi connectivity index (χ3n) is 7.65. The number of rotatable bonds is 3. The van der Waals surface area contributed by atoms with Gasteiger partial charge in [-0.2, -0.15) is 0 Å². The highest BCUT2D eigenvalue weighted by Gasteiger charge is 2.49. The molecule has 6 unspecified atom stereocenters. The molecule has 196 valence electrons. The van der Waals surface area contributed by atoms with Gasteiger partial charge in [0, 0.05) is 47.7 Å². The Balaban J connectivity index is 1.68. The van der Waals surface area contributed by atoms with Crippen LogP contribution in [0, 0.1) is 0 Å². The molecule has 8 N–H and O–H groups in total. The molecule has 6 atom stereocenters. The highest BCUT2D eigenvalue weighted by Crippen LogP contribution is 2.52. The van der Waals surface area contributed by atoms with Crippen molar-refractivity contribution in [3.05, 3.63) is 51.6 Å². The summed E-state index contributed by atoms with van der Waals surface area (Å²) in [6.45, 7) is 2.78. The Morgan fingerprint density at radius 3 is 2.46 bits per heavy atom. The number of fused-ring (bicyclic) bond motifs is 3. The molecule has 2 aromatic rings. The number of aliphatic hydroxyl groups is 2. The van der Waals surface area contributed by atoms with Crippen LogP contribution < -0.4 is 11.5 Å². The van der Waals surface area contributed by atoms with Crippen molar-refractivity contribution in [3.8, 4) is 11.5 Å². The van der Waals surface area contributed by atoms with Gasteiger partial charge in [0.05, 0.1) is 35.0 Å². The molecular formula is C26H28N2O9. The van der Waals surface area contributed by atoms with Crippen molar-refractivity contribution in [1.82, 2.24) is 0 Å². The number of benzene rings is 2. The number of Topliss-reactive ketones (excluding diaryl/α,β-unsaturated/α-hetero) is 1. The molecule has 2 aliphatic carbocycles. The standard InChI is InChI=1S/C26H28N2O9/c1-9-21(30)14(28)6-16(36-9)37-15-8-26(35,10(2)29)7-12-18(15)25(34)20-19(23(12)32)22(31)11-4-3-5-13(27)17(11)24(20)33/h3-5,9,14-16,21,30,32,34-35H,6-8,27-28H2,1-2H3. The Kier molecular flexibility index (Phi) is 5.89. The minimum Gasteiger partial charge on any atom is -0.507 e. The number of carbonyl (C=O) groups is 3. The summed E-state index contributed by atoms with van der Waals surface area (Å²) in [5.74, 6) is -3.34. The maximum Gasteiger partial charge on any atom is 0.200 e. The van der Waals surface area contributed by atoms with E-state index in [2.05, 4.69) is 0 Å². The number of anilines is 1. The third-order valence-corrected chi connectivity index (χ3v) is 7.65. The summed E-state index contributed by atoms with van der Waals surface area (Å²) < 4.78 is 11.8. The van der Waals surface area contributed by atoms with Crippen LogP contribution in [-0.4, -0.2) is 67.9 Å². The van der Waals surface area contributed by atoms with Crippen LogP contribution in [-0.2, 0) is 20.7 Å². The Morgan fingerprint density at radius 1 is 1.14 bits per heavy atom. The molecular weight excluding hydrogens is 484 g/mol. The molecule has 5 rings (SSSR count). The number of phenolic OH excluding ortho intramolecular Hbond substituents is 2. The first-order valence-electron chi connectivity index (χ1n) is 11.9. The van der Waals surface area contributed by atoms with Crippen molar-refractivity contribution in [2.45, 2.75) is 69.4 Å². The molecule has 2 aromatic carbocycles. The van der Waals surface area contributed by atoms with E-state index in [1.54, 1.807) is 6.92 Å². The van der Waals surface area contributed by atoms with Gasteiger partial charge in [-0.15, -0.1) is 0 Å². The minimum atomic E-state index is -2.00. The Labute approximate surface area is 211 Å². The Morgan fingerprint density at radius 2 is 1.81 bits per heavy atom. The van der Waals surface area contributed by atoms with E-state index < -0.39 is 82.6 Å². The second kappa shape index (κ2) is 8.61. The Bertz CT molecular complexity index is 1340. The summed E-state index contributed by atoms with van der Waals surface area (Å²) in [6.07, 6.45) is -4.53. The zero-order valence-corrected chi connectivity index (χ0v) is 20.2. The van der Waals surface area contributed by atoms with Crippen molar-refractivity contribution in [2.75, 3.05) is 5.73 Å². The van der Waals surface area contributed by atoms with Crippen LogP contribution in [0.4, 0.5) is 5.69 Å². The van der Waals surface area contributed by atoms with Gasteiger partial charge in [-0.3, -0.25) is 14.4 Å². The number of phenols is 2. The molecule has 1 heterocycles. The van der Waals surface area contributed by atoms with Crippen LogP contribution in [0.2, 0.25) is 0 Å². The molecule has 37 heavy (non-hydrogen) atoms. The van der Waals surface area contributed by atoms with Crippen molar-refractivity contribution in [3.63, 3.8) is 0 Å². The van der Waals surface area contributed by atoms with Crippen LogP contribution in [0.3, 0.4) is 0 Å². The van der Waals surface area contributed by atoms with Gasteiger partial charge in [0.25, 0.3) is 0 Å². The zero-order valence-electron chi connectivity index (χ0n) is 20.2. The van der Waals surface area contributed by atoms with E-state index in [0.29, 0.717) is 0 Å². The van der Waals surface area contributed by atoms with E-state index in [0.717, 1.165) is 0 Å². The molecule has 1 fully saturated rings. The van der Waals surface area contributed by atoms with E-state index in [4.69, 9.17) is 20.9 Å². The number of ketones is 3. The number of aromatic hydroxyl groups is 2. The number of nitrogens with two attached hydrogens (primary N) is 2. The molecule has 3 aliphatic rings. The molecule has 0 aromatic heterocycles. The Hall–Kier alpha value is -3.35. The summed E-state index contributed by atoms with van der Waals surface area (Å²) in [7, 11) is 0. The normalized spacial score (nSPS) is 30.9. The van der Waals surface area contributed by atoms with Gasteiger partial charge >= 0.3 is 0 Å². The quantitative estimate of drug-likeness (QED) is 0.212. The SMILES string of the molecule is CC(=O)C1(O)Cc2c(O)c3c(c(O)c2C(OC2CC(N)C(O)C(C)O2)C1)C(=O)c1c(N)cccc1C3=O. The van der Waals surface area contributed by atoms with Gasteiger partial charge in [-0.1, -0.05) is 12.1 Å². The second-order valence-electron chi connectivity index (χ2n) is 10.0. The van der Waals surface area contributed by atoms with Crippen LogP contribution >= 0.6 is 0 Å². The van der Waals surface area contributed by atoms with Crippen LogP contribution in [0.1, 0.15) is 75.8 Å². The first-order valence-corrected chi connectivity index (χ1v) is 11.9. The fourth-order valence-corrected chi connectivity index (χ4v) is 5.55. The topological polar surface area (TPSA) is 203 Å². The fraction of sp³-hybridized carbons (Fsp3) is 0.423. The first kappa shape index (κ1) is 25.3. The van der Waals surface area contributed by atoms with Crippen LogP contribution in [0.15, 0.2) is 18.2 Å². The van der Waals surface area contributed by atoms with E-state index in [-0.39, 0.29) is 40.8 Å². The number of hydrogen-bond acceptors (Lipinski definition) is 11. The molecule has 0 amide bonds. The lowest BCUT2D eigenvalue weighted by atomic mass is 9.72. The van der Waals surface area contributed by atoms with Gasteiger partial charge in [0.15, 0.2) is 23.6 Å². The first-order chi connectivity index (χ1) is 17.4. The average Bonchev–Trinajstić information content (AvgIpc) is 2.82. The average molecular weight is 513 g/mol.